The maximum atomic E-state index is 11.1. The summed E-state index contributed by atoms with van der Waals surface area (Å²) in [6.45, 7) is 0. The minimum atomic E-state index is -0.897. The van der Waals surface area contributed by atoms with Crippen molar-refractivity contribution in [2.75, 3.05) is 0 Å². The highest BCUT2D eigenvalue weighted by Gasteiger charge is 2.10. The van der Waals surface area contributed by atoms with Crippen molar-refractivity contribution in [2.24, 2.45) is 0 Å². The van der Waals surface area contributed by atoms with Crippen LogP contribution in [-0.4, -0.2) is 11.1 Å². The Labute approximate surface area is 97.5 Å². The smallest absolute Gasteiger partial charge is 0.337 e. The molecule has 16 heavy (non-hydrogen) atoms. The topological polar surface area (TPSA) is 37.3 Å². The highest BCUT2D eigenvalue weighted by atomic mass is 32.1. The fraction of sp³-hybridized carbons (Fsp3) is 0. The number of hydrogen-bond donors (Lipinski definition) is 1. The molecule has 80 valence electrons. The van der Waals surface area contributed by atoms with Crippen LogP contribution in [-0.2, 0) is 4.79 Å². The number of carbonyl (C=O) groups is 1. The first-order valence-corrected chi connectivity index (χ1v) is 5.69. The molecule has 0 spiro atoms. The maximum absolute atomic E-state index is 11.1. The Morgan fingerprint density at radius 1 is 1.12 bits per heavy atom. The zero-order valence-corrected chi connectivity index (χ0v) is 9.28. The molecule has 2 aromatic rings. The van der Waals surface area contributed by atoms with Gasteiger partial charge in [0.2, 0.25) is 0 Å². The molecular weight excluding hydrogens is 220 g/mol. The van der Waals surface area contributed by atoms with Crippen LogP contribution >= 0.6 is 11.3 Å². The lowest BCUT2D eigenvalue weighted by atomic mass is 10.1. The zero-order chi connectivity index (χ0) is 11.4. The minimum absolute atomic E-state index is 0.334. The van der Waals surface area contributed by atoms with Crippen LogP contribution in [0.3, 0.4) is 0 Å². The van der Waals surface area contributed by atoms with Crippen molar-refractivity contribution >= 4 is 29.0 Å². The van der Waals surface area contributed by atoms with Gasteiger partial charge in [-0.05, 0) is 23.1 Å². The van der Waals surface area contributed by atoms with Crippen LogP contribution < -0.4 is 0 Å². The molecule has 0 bridgehead atoms. The van der Waals surface area contributed by atoms with Gasteiger partial charge in [-0.15, -0.1) is 11.3 Å². The van der Waals surface area contributed by atoms with E-state index in [1.807, 2.05) is 47.8 Å². The van der Waals surface area contributed by atoms with Gasteiger partial charge in [-0.1, -0.05) is 36.4 Å². The quantitative estimate of drug-likeness (QED) is 0.821. The third-order valence-electron chi connectivity index (χ3n) is 2.13. The molecule has 0 amide bonds. The van der Waals surface area contributed by atoms with Crippen molar-refractivity contribution < 1.29 is 9.90 Å². The fourth-order valence-corrected chi connectivity index (χ4v) is 2.12. The van der Waals surface area contributed by atoms with Crippen LogP contribution in [0, 0.1) is 0 Å². The van der Waals surface area contributed by atoms with Gasteiger partial charge in [0.1, 0.15) is 0 Å². The van der Waals surface area contributed by atoms with Gasteiger partial charge in [-0.2, -0.15) is 0 Å². The molecule has 2 rings (SSSR count). The number of carboxylic acid groups (broad SMARTS) is 1. The number of rotatable bonds is 3. The van der Waals surface area contributed by atoms with E-state index in [-0.39, 0.29) is 0 Å². The first kappa shape index (κ1) is 10.6. The number of carboxylic acids is 1. The molecule has 0 unspecified atom stereocenters. The van der Waals surface area contributed by atoms with Crippen molar-refractivity contribution in [3.8, 4) is 0 Å². The molecule has 2 nitrogen and oxygen atoms in total. The summed E-state index contributed by atoms with van der Waals surface area (Å²) in [6, 6.07) is 13.1. The molecule has 0 atom stereocenters. The lowest BCUT2D eigenvalue weighted by molar-refractivity contribution is -0.130. The van der Waals surface area contributed by atoms with Gasteiger partial charge in [0.25, 0.3) is 0 Å². The van der Waals surface area contributed by atoms with E-state index in [1.165, 1.54) is 11.3 Å². The van der Waals surface area contributed by atoms with Gasteiger partial charge in [0.15, 0.2) is 0 Å². The van der Waals surface area contributed by atoms with Crippen LogP contribution in [0.1, 0.15) is 10.4 Å². The van der Waals surface area contributed by atoms with E-state index in [0.29, 0.717) is 5.57 Å². The lowest BCUT2D eigenvalue weighted by Gasteiger charge is -1.99. The van der Waals surface area contributed by atoms with Crippen LogP contribution in [0.2, 0.25) is 0 Å². The van der Waals surface area contributed by atoms with Crippen molar-refractivity contribution in [3.63, 3.8) is 0 Å². The molecule has 0 aliphatic heterocycles. The third kappa shape index (κ3) is 2.38. The number of aliphatic carboxylic acids is 1. The van der Waals surface area contributed by atoms with Crippen molar-refractivity contribution in [1.82, 2.24) is 0 Å². The second-order valence-electron chi connectivity index (χ2n) is 3.25. The Bertz CT molecular complexity index is 498. The van der Waals surface area contributed by atoms with Gasteiger partial charge in [0, 0.05) is 4.88 Å². The largest absolute Gasteiger partial charge is 0.478 e. The second kappa shape index (κ2) is 4.77. The zero-order valence-electron chi connectivity index (χ0n) is 8.46. The molecule has 3 heteroatoms. The predicted octanol–water partition coefficient (Wildman–Crippen LogP) is 3.37. The lowest BCUT2D eigenvalue weighted by Crippen LogP contribution is -1.97. The Kier molecular flexibility index (Phi) is 3.17. The van der Waals surface area contributed by atoms with Crippen LogP contribution in [0.25, 0.3) is 11.6 Å². The molecule has 0 saturated carbocycles. The number of benzene rings is 1. The van der Waals surface area contributed by atoms with Crippen molar-refractivity contribution in [3.05, 3.63) is 58.3 Å². The SMILES string of the molecule is O=C(O)/C(=C\c1ccccc1)c1cccs1. The maximum Gasteiger partial charge on any atom is 0.337 e. The minimum Gasteiger partial charge on any atom is -0.478 e. The molecule has 0 aliphatic rings. The summed E-state index contributed by atoms with van der Waals surface area (Å²) in [5.41, 5.74) is 1.23. The summed E-state index contributed by atoms with van der Waals surface area (Å²) in [4.78, 5) is 11.9. The first-order chi connectivity index (χ1) is 7.77. The van der Waals surface area contributed by atoms with Crippen molar-refractivity contribution in [1.29, 1.82) is 0 Å². The summed E-state index contributed by atoms with van der Waals surface area (Å²) in [5.74, 6) is -0.897. The van der Waals surface area contributed by atoms with Crippen LogP contribution in [0.15, 0.2) is 47.8 Å². The van der Waals surface area contributed by atoms with E-state index in [0.717, 1.165) is 10.4 Å². The molecule has 0 aliphatic carbocycles. The molecule has 0 saturated heterocycles. The summed E-state index contributed by atoms with van der Waals surface area (Å²) >= 11 is 1.43. The summed E-state index contributed by atoms with van der Waals surface area (Å²) < 4.78 is 0. The van der Waals surface area contributed by atoms with E-state index in [9.17, 15) is 4.79 Å². The summed E-state index contributed by atoms with van der Waals surface area (Å²) in [7, 11) is 0. The Balaban J connectivity index is 2.42. The average Bonchev–Trinajstić information content (AvgIpc) is 2.80. The van der Waals surface area contributed by atoms with Gasteiger partial charge in [-0.3, -0.25) is 0 Å². The highest BCUT2D eigenvalue weighted by Crippen LogP contribution is 2.22. The normalized spacial score (nSPS) is 11.4. The van der Waals surface area contributed by atoms with E-state index < -0.39 is 5.97 Å². The molecule has 1 aromatic carbocycles. The second-order valence-corrected chi connectivity index (χ2v) is 4.20. The van der Waals surface area contributed by atoms with Gasteiger partial charge >= 0.3 is 5.97 Å². The standard InChI is InChI=1S/C13H10O2S/c14-13(15)11(12-7-4-8-16-12)9-10-5-2-1-3-6-10/h1-9H,(H,14,15)/b11-9-. The van der Waals surface area contributed by atoms with E-state index in [2.05, 4.69) is 0 Å². The Hall–Kier alpha value is -1.87. The van der Waals surface area contributed by atoms with Gasteiger partial charge < -0.3 is 5.11 Å². The fourth-order valence-electron chi connectivity index (χ4n) is 1.39. The van der Waals surface area contributed by atoms with E-state index in [1.54, 1.807) is 6.08 Å². The average molecular weight is 230 g/mol. The number of hydrogen-bond acceptors (Lipinski definition) is 2. The molecule has 1 heterocycles. The molecule has 1 N–H and O–H groups in total. The molecule has 0 fully saturated rings. The van der Waals surface area contributed by atoms with Crippen molar-refractivity contribution in [2.45, 2.75) is 0 Å². The molecular formula is C13H10O2S. The monoisotopic (exact) mass is 230 g/mol. The molecule has 1 aromatic heterocycles. The Morgan fingerprint density at radius 2 is 1.88 bits per heavy atom. The third-order valence-corrected chi connectivity index (χ3v) is 3.03. The van der Waals surface area contributed by atoms with E-state index in [4.69, 9.17) is 5.11 Å². The van der Waals surface area contributed by atoms with E-state index >= 15 is 0 Å². The first-order valence-electron chi connectivity index (χ1n) is 4.81. The van der Waals surface area contributed by atoms with Gasteiger partial charge in [0.05, 0.1) is 5.57 Å². The predicted molar refractivity (Wildman–Crippen MR) is 66.3 cm³/mol. The number of thiophene rings is 1. The van der Waals surface area contributed by atoms with Crippen LogP contribution in [0.5, 0.6) is 0 Å². The van der Waals surface area contributed by atoms with Gasteiger partial charge in [-0.25, -0.2) is 4.79 Å². The highest BCUT2D eigenvalue weighted by molar-refractivity contribution is 7.11. The Morgan fingerprint density at radius 3 is 2.44 bits per heavy atom. The summed E-state index contributed by atoms with van der Waals surface area (Å²) in [6.07, 6.45) is 1.69. The van der Waals surface area contributed by atoms with Crippen LogP contribution in [0.4, 0.5) is 0 Å². The summed E-state index contributed by atoms with van der Waals surface area (Å²) in [5, 5.41) is 11.0. The molecule has 0 radical (unpaired) electrons.